The Bertz CT molecular complexity index is 1500. The number of alkyl halides is 6. The monoisotopic (exact) mass is 764 g/mol. The first kappa shape index (κ1) is 40.0. The Hall–Kier alpha value is -2.16. The smallest absolute Gasteiger partial charge is 0.391 e. The number of carbonyl (C=O) groups is 2. The summed E-state index contributed by atoms with van der Waals surface area (Å²) in [5.74, 6) is -2.11. The summed E-state index contributed by atoms with van der Waals surface area (Å²) >= 11 is 2.84. The molecular weight excluding hydrogens is 715 g/mol. The van der Waals surface area contributed by atoms with E-state index in [4.69, 9.17) is 4.74 Å². The van der Waals surface area contributed by atoms with Gasteiger partial charge in [-0.15, -0.1) is 22.7 Å². The van der Waals surface area contributed by atoms with E-state index in [9.17, 15) is 41.0 Å². The van der Waals surface area contributed by atoms with Gasteiger partial charge in [0.2, 0.25) is 0 Å². The van der Waals surface area contributed by atoms with Crippen molar-refractivity contribution >= 4 is 34.6 Å². The summed E-state index contributed by atoms with van der Waals surface area (Å²) in [7, 11) is 1.39. The summed E-state index contributed by atoms with van der Waals surface area (Å²) in [6, 6.07) is 4.09. The van der Waals surface area contributed by atoms with E-state index in [2.05, 4.69) is 37.5 Å². The van der Waals surface area contributed by atoms with Crippen LogP contribution in [0.5, 0.6) is 0 Å². The van der Waals surface area contributed by atoms with Crippen LogP contribution in [0.4, 0.5) is 26.3 Å². The van der Waals surface area contributed by atoms with Crippen molar-refractivity contribution in [3.05, 3.63) is 42.8 Å². The second kappa shape index (κ2) is 16.1. The van der Waals surface area contributed by atoms with Crippen LogP contribution in [-0.4, -0.2) is 59.4 Å². The standard InChI is InChI=1S/C19H26F3NO2S.C18H24F3NO2S/c1-11(2)16-17-13(8-15(26-17)18(24)25-3)10-23(16)9-12-4-6-14(7-5-12)19(20,21)22;1-10(2)15-16-12(7-14(25-16)17(23)24)9-22(15)8-11-3-5-13(6-4-11)18(19,20)21/h8,11-12,14,16H,4-7,9-10H2,1-3H3;7,10-11,13,15H,3-6,8-9H2,1-2H3,(H,23,24)/t12?,14?,16-;11?,13?,15-/m00/s1. The topological polar surface area (TPSA) is 70.1 Å². The third-order valence-corrected chi connectivity index (χ3v) is 13.7. The molecule has 2 atom stereocenters. The minimum Gasteiger partial charge on any atom is -0.477 e. The maximum Gasteiger partial charge on any atom is 0.391 e. The van der Waals surface area contributed by atoms with E-state index in [-0.39, 0.29) is 43.7 Å². The van der Waals surface area contributed by atoms with Gasteiger partial charge in [0.1, 0.15) is 9.75 Å². The van der Waals surface area contributed by atoms with Crippen molar-refractivity contribution in [3.63, 3.8) is 0 Å². The fourth-order valence-corrected chi connectivity index (χ4v) is 11.4. The quantitative estimate of drug-likeness (QED) is 0.213. The minimum atomic E-state index is -4.06. The molecule has 6 nitrogen and oxygen atoms in total. The Morgan fingerprint density at radius 1 is 0.725 bits per heavy atom. The molecule has 2 aliphatic heterocycles. The molecule has 0 radical (unpaired) electrons. The molecule has 0 saturated heterocycles. The van der Waals surface area contributed by atoms with Gasteiger partial charge in [0, 0.05) is 48.0 Å². The Morgan fingerprint density at radius 3 is 1.43 bits per heavy atom. The lowest BCUT2D eigenvalue weighted by Gasteiger charge is -2.35. The predicted octanol–water partition coefficient (Wildman–Crippen LogP) is 10.7. The molecule has 51 heavy (non-hydrogen) atoms. The van der Waals surface area contributed by atoms with Crippen molar-refractivity contribution in [2.24, 2.45) is 35.5 Å². The van der Waals surface area contributed by atoms with Crippen LogP contribution < -0.4 is 0 Å². The largest absolute Gasteiger partial charge is 0.477 e. The van der Waals surface area contributed by atoms with Gasteiger partial charge in [-0.1, -0.05) is 27.7 Å². The van der Waals surface area contributed by atoms with Crippen molar-refractivity contribution in [1.82, 2.24) is 9.80 Å². The summed E-state index contributed by atoms with van der Waals surface area (Å²) in [4.78, 5) is 31.1. The molecule has 0 spiro atoms. The molecule has 2 fully saturated rings. The third-order valence-electron chi connectivity index (χ3n) is 11.2. The van der Waals surface area contributed by atoms with Gasteiger partial charge in [-0.3, -0.25) is 9.80 Å². The third kappa shape index (κ3) is 9.32. The average molecular weight is 765 g/mol. The number of methoxy groups -OCH3 is 1. The van der Waals surface area contributed by atoms with Crippen molar-refractivity contribution in [2.45, 2.75) is 117 Å². The number of ether oxygens (including phenoxy) is 1. The van der Waals surface area contributed by atoms with Gasteiger partial charge in [-0.05, 0) is 98.3 Å². The highest BCUT2D eigenvalue weighted by Gasteiger charge is 2.44. The minimum absolute atomic E-state index is 0.174. The molecular formula is C37H50F6N2O4S2. The maximum absolute atomic E-state index is 12.9. The van der Waals surface area contributed by atoms with Crippen LogP contribution in [0.25, 0.3) is 0 Å². The zero-order chi connectivity index (χ0) is 37.4. The number of rotatable bonds is 8. The van der Waals surface area contributed by atoms with Crippen molar-refractivity contribution in [1.29, 1.82) is 0 Å². The number of nitrogens with zero attached hydrogens (tertiary/aromatic N) is 2. The highest BCUT2D eigenvalue weighted by Crippen LogP contribution is 2.48. The molecule has 2 saturated carbocycles. The average Bonchev–Trinajstić information content (AvgIpc) is 3.79. The van der Waals surface area contributed by atoms with E-state index in [1.807, 2.05) is 6.07 Å². The number of esters is 1. The molecule has 0 amide bonds. The zero-order valence-electron chi connectivity index (χ0n) is 29.9. The van der Waals surface area contributed by atoms with E-state index in [0.29, 0.717) is 65.7 Å². The van der Waals surface area contributed by atoms with Gasteiger partial charge in [-0.2, -0.15) is 26.3 Å². The van der Waals surface area contributed by atoms with Gasteiger partial charge in [0.15, 0.2) is 0 Å². The lowest BCUT2D eigenvalue weighted by Crippen LogP contribution is -2.35. The highest BCUT2D eigenvalue weighted by molar-refractivity contribution is 7.14. The van der Waals surface area contributed by atoms with Crippen LogP contribution in [0.1, 0.15) is 131 Å². The van der Waals surface area contributed by atoms with Gasteiger partial charge in [0.25, 0.3) is 0 Å². The van der Waals surface area contributed by atoms with Crippen LogP contribution in [0.15, 0.2) is 12.1 Å². The fourth-order valence-electron chi connectivity index (χ4n) is 8.72. The maximum atomic E-state index is 12.9. The molecule has 14 heteroatoms. The summed E-state index contributed by atoms with van der Waals surface area (Å²) in [5.41, 5.74) is 2.24. The number of carboxylic acids is 1. The van der Waals surface area contributed by atoms with Gasteiger partial charge < -0.3 is 9.84 Å². The molecule has 1 N–H and O–H groups in total. The summed E-state index contributed by atoms with van der Waals surface area (Å²) in [5, 5.41) is 9.19. The summed E-state index contributed by atoms with van der Waals surface area (Å²) < 4.78 is 81.9. The molecule has 0 aromatic carbocycles. The van der Waals surface area contributed by atoms with Crippen LogP contribution >= 0.6 is 22.7 Å². The van der Waals surface area contributed by atoms with E-state index in [1.54, 1.807) is 6.07 Å². The second-order valence-corrected chi connectivity index (χ2v) is 17.7. The number of halogens is 6. The van der Waals surface area contributed by atoms with Crippen molar-refractivity contribution in [3.8, 4) is 0 Å². The number of carbonyl (C=O) groups excluding carboxylic acids is 1. The van der Waals surface area contributed by atoms with Crippen LogP contribution in [0, 0.1) is 35.5 Å². The van der Waals surface area contributed by atoms with E-state index >= 15 is 0 Å². The van der Waals surface area contributed by atoms with E-state index in [1.165, 1.54) is 34.7 Å². The Balaban J connectivity index is 0.000000198. The molecule has 0 unspecified atom stereocenters. The molecule has 2 aromatic rings. The first-order chi connectivity index (χ1) is 23.9. The van der Waals surface area contributed by atoms with Gasteiger partial charge in [0.05, 0.1) is 18.9 Å². The lowest BCUT2D eigenvalue weighted by atomic mass is 9.81. The predicted molar refractivity (Wildman–Crippen MR) is 186 cm³/mol. The molecule has 4 aliphatic rings. The number of aromatic carboxylic acids is 1. The van der Waals surface area contributed by atoms with Crippen molar-refractivity contribution in [2.75, 3.05) is 20.2 Å². The number of carboxylic acid groups (broad SMARTS) is 1. The number of hydrogen-bond acceptors (Lipinski definition) is 7. The molecule has 0 bridgehead atoms. The molecule has 6 rings (SSSR count). The van der Waals surface area contributed by atoms with Crippen LogP contribution in [0.2, 0.25) is 0 Å². The first-order valence-electron chi connectivity index (χ1n) is 18.1. The summed E-state index contributed by atoms with van der Waals surface area (Å²) in [6.45, 7) is 11.7. The SMILES string of the molecule is CC(C)[C@H]1c2sc(C(=O)O)cc2CN1CC1CCC(C(F)(F)F)CC1.COC(=O)c1cc2c(s1)[C@H](C(C)C)N(CC1CCC(C(F)(F)F)CC1)C2. The molecule has 286 valence electrons. The second-order valence-electron chi connectivity index (χ2n) is 15.6. The molecule has 2 aromatic heterocycles. The van der Waals surface area contributed by atoms with Crippen LogP contribution in [-0.2, 0) is 17.8 Å². The number of thiophene rings is 2. The normalized spacial score (nSPS) is 27.3. The number of hydrogen-bond donors (Lipinski definition) is 1. The molecule has 4 heterocycles. The zero-order valence-corrected chi connectivity index (χ0v) is 31.5. The van der Waals surface area contributed by atoms with E-state index < -0.39 is 30.2 Å². The number of fused-ring (bicyclic) bond motifs is 2. The highest BCUT2D eigenvalue weighted by atomic mass is 32.1. The van der Waals surface area contributed by atoms with Gasteiger partial charge >= 0.3 is 24.3 Å². The lowest BCUT2D eigenvalue weighted by molar-refractivity contribution is -0.185. The Morgan fingerprint density at radius 2 is 1.10 bits per heavy atom. The molecule has 2 aliphatic carbocycles. The van der Waals surface area contributed by atoms with E-state index in [0.717, 1.165) is 35.6 Å². The fraction of sp³-hybridized carbons (Fsp3) is 0.730. The van der Waals surface area contributed by atoms with Crippen molar-refractivity contribution < 1.29 is 45.8 Å². The summed E-state index contributed by atoms with van der Waals surface area (Å²) in [6.07, 6.45) is -4.59. The first-order valence-corrected chi connectivity index (χ1v) is 19.7. The Kier molecular flexibility index (Phi) is 12.6. The van der Waals surface area contributed by atoms with Gasteiger partial charge in [-0.25, -0.2) is 9.59 Å². The Labute approximate surface area is 304 Å². The van der Waals surface area contributed by atoms with Crippen LogP contribution in [0.3, 0.4) is 0 Å².